The normalized spacial score (nSPS) is 11.6. The van der Waals surface area contributed by atoms with Crippen molar-refractivity contribution >= 4 is 0 Å². The molecule has 0 fully saturated rings. The van der Waals surface area contributed by atoms with Gasteiger partial charge in [0, 0.05) is 5.54 Å². The highest BCUT2D eigenvalue weighted by Gasteiger charge is 2.14. The number of phenolic OH excluding ortho intramolecular Hbond substituents is 2. The molecule has 3 nitrogen and oxygen atoms in total. The third kappa shape index (κ3) is 2.95. The van der Waals surface area contributed by atoms with E-state index in [1.807, 2.05) is 13.8 Å². The summed E-state index contributed by atoms with van der Waals surface area (Å²) in [4.78, 5) is 0. The lowest BCUT2D eigenvalue weighted by Crippen LogP contribution is -2.34. The van der Waals surface area contributed by atoms with E-state index in [2.05, 4.69) is 0 Å². The monoisotopic (exact) mass is 181 g/mol. The summed E-state index contributed by atoms with van der Waals surface area (Å²) in [6.45, 7) is 3.74. The fraction of sp³-hybridized carbons (Fsp3) is 0.400. The fourth-order valence-electron chi connectivity index (χ4n) is 1.20. The van der Waals surface area contributed by atoms with Gasteiger partial charge in [-0.3, -0.25) is 0 Å². The number of nitrogens with two attached hydrogens (primary N) is 1. The summed E-state index contributed by atoms with van der Waals surface area (Å²) >= 11 is 0. The minimum absolute atomic E-state index is 0.150. The summed E-state index contributed by atoms with van der Waals surface area (Å²) in [5, 5.41) is 18.6. The SMILES string of the molecule is CC(C)(N)Cc1cc(O)ccc1O. The zero-order valence-corrected chi connectivity index (χ0v) is 7.91. The van der Waals surface area contributed by atoms with Crippen molar-refractivity contribution in [2.24, 2.45) is 5.73 Å². The van der Waals surface area contributed by atoms with Gasteiger partial charge in [-0.15, -0.1) is 0 Å². The fourth-order valence-corrected chi connectivity index (χ4v) is 1.20. The quantitative estimate of drug-likeness (QED) is 0.604. The molecule has 0 atom stereocenters. The molecule has 72 valence electrons. The Balaban J connectivity index is 2.94. The van der Waals surface area contributed by atoms with Gasteiger partial charge in [0.05, 0.1) is 0 Å². The molecule has 0 aliphatic heterocycles. The Kier molecular flexibility index (Phi) is 2.48. The van der Waals surface area contributed by atoms with Crippen LogP contribution in [-0.4, -0.2) is 15.8 Å². The van der Waals surface area contributed by atoms with Crippen LogP contribution in [0.4, 0.5) is 0 Å². The molecule has 3 heteroatoms. The number of aromatic hydroxyl groups is 2. The van der Waals surface area contributed by atoms with Gasteiger partial charge in [0.2, 0.25) is 0 Å². The summed E-state index contributed by atoms with van der Waals surface area (Å²) in [6.07, 6.45) is 0.535. The lowest BCUT2D eigenvalue weighted by Gasteiger charge is -2.18. The molecule has 0 unspecified atom stereocenters. The molecule has 0 spiro atoms. The third-order valence-corrected chi connectivity index (χ3v) is 1.71. The Morgan fingerprint density at radius 3 is 2.46 bits per heavy atom. The van der Waals surface area contributed by atoms with Gasteiger partial charge in [0.15, 0.2) is 0 Å². The lowest BCUT2D eigenvalue weighted by atomic mass is 9.95. The van der Waals surface area contributed by atoms with E-state index in [1.165, 1.54) is 18.2 Å². The second-order valence-electron chi connectivity index (χ2n) is 3.98. The van der Waals surface area contributed by atoms with E-state index in [4.69, 9.17) is 5.73 Å². The first-order chi connectivity index (χ1) is 5.88. The summed E-state index contributed by atoms with van der Waals surface area (Å²) in [6, 6.07) is 4.45. The first-order valence-electron chi connectivity index (χ1n) is 4.18. The van der Waals surface area contributed by atoms with E-state index >= 15 is 0 Å². The summed E-state index contributed by atoms with van der Waals surface area (Å²) in [5.74, 6) is 0.327. The molecule has 0 aliphatic carbocycles. The Morgan fingerprint density at radius 1 is 1.31 bits per heavy atom. The second kappa shape index (κ2) is 3.26. The van der Waals surface area contributed by atoms with Crippen LogP contribution >= 0.6 is 0 Å². The number of phenols is 2. The Bertz CT molecular complexity index is 302. The molecular weight excluding hydrogens is 166 g/mol. The van der Waals surface area contributed by atoms with Crippen molar-refractivity contribution in [1.29, 1.82) is 0 Å². The molecule has 1 rings (SSSR count). The van der Waals surface area contributed by atoms with Crippen LogP contribution in [-0.2, 0) is 6.42 Å². The van der Waals surface area contributed by atoms with Crippen LogP contribution in [0.25, 0.3) is 0 Å². The first kappa shape index (κ1) is 9.86. The number of hydrogen-bond donors (Lipinski definition) is 3. The van der Waals surface area contributed by atoms with Crippen LogP contribution in [0.5, 0.6) is 11.5 Å². The van der Waals surface area contributed by atoms with E-state index in [1.54, 1.807) is 0 Å². The maximum absolute atomic E-state index is 9.43. The molecule has 0 aliphatic rings. The van der Waals surface area contributed by atoms with Crippen molar-refractivity contribution in [2.45, 2.75) is 25.8 Å². The lowest BCUT2D eigenvalue weighted by molar-refractivity contribution is 0.440. The van der Waals surface area contributed by atoms with E-state index in [-0.39, 0.29) is 17.0 Å². The molecular formula is C10H15NO2. The standard InChI is InChI=1S/C10H15NO2/c1-10(2,11)6-7-5-8(12)3-4-9(7)13/h3-5,12-13H,6,11H2,1-2H3. The van der Waals surface area contributed by atoms with Crippen molar-refractivity contribution in [3.63, 3.8) is 0 Å². The van der Waals surface area contributed by atoms with Crippen molar-refractivity contribution < 1.29 is 10.2 Å². The zero-order valence-electron chi connectivity index (χ0n) is 7.91. The number of benzene rings is 1. The van der Waals surface area contributed by atoms with Crippen molar-refractivity contribution in [1.82, 2.24) is 0 Å². The molecule has 4 N–H and O–H groups in total. The van der Waals surface area contributed by atoms with Crippen LogP contribution in [0.15, 0.2) is 18.2 Å². The Morgan fingerprint density at radius 2 is 1.92 bits per heavy atom. The van der Waals surface area contributed by atoms with Gasteiger partial charge in [-0.25, -0.2) is 0 Å². The van der Waals surface area contributed by atoms with Gasteiger partial charge >= 0.3 is 0 Å². The molecule has 0 amide bonds. The molecule has 0 saturated heterocycles. The van der Waals surface area contributed by atoms with Gasteiger partial charge in [-0.1, -0.05) is 0 Å². The summed E-state index contributed by atoms with van der Waals surface area (Å²) in [7, 11) is 0. The zero-order chi connectivity index (χ0) is 10.1. The smallest absolute Gasteiger partial charge is 0.119 e. The first-order valence-corrected chi connectivity index (χ1v) is 4.18. The molecule has 0 radical (unpaired) electrons. The largest absolute Gasteiger partial charge is 0.508 e. The minimum atomic E-state index is -0.384. The minimum Gasteiger partial charge on any atom is -0.508 e. The van der Waals surface area contributed by atoms with Crippen LogP contribution < -0.4 is 5.73 Å². The van der Waals surface area contributed by atoms with Crippen molar-refractivity contribution in [3.05, 3.63) is 23.8 Å². The summed E-state index contributed by atoms with van der Waals surface area (Å²) in [5.41, 5.74) is 6.08. The van der Waals surface area contributed by atoms with Gasteiger partial charge in [0.25, 0.3) is 0 Å². The molecule has 0 saturated carbocycles. The Labute approximate surface area is 77.8 Å². The average Bonchev–Trinajstić information content (AvgIpc) is 1.94. The molecule has 0 aromatic heterocycles. The highest BCUT2D eigenvalue weighted by Crippen LogP contribution is 2.24. The number of rotatable bonds is 2. The van der Waals surface area contributed by atoms with Crippen LogP contribution in [0.3, 0.4) is 0 Å². The highest BCUT2D eigenvalue weighted by molar-refractivity contribution is 5.39. The molecule has 13 heavy (non-hydrogen) atoms. The van der Waals surface area contributed by atoms with Gasteiger partial charge < -0.3 is 15.9 Å². The van der Waals surface area contributed by atoms with E-state index in [9.17, 15) is 10.2 Å². The van der Waals surface area contributed by atoms with E-state index in [0.29, 0.717) is 12.0 Å². The second-order valence-corrected chi connectivity index (χ2v) is 3.98. The average molecular weight is 181 g/mol. The van der Waals surface area contributed by atoms with Gasteiger partial charge in [-0.2, -0.15) is 0 Å². The molecule has 1 aromatic rings. The van der Waals surface area contributed by atoms with E-state index in [0.717, 1.165) is 0 Å². The number of hydrogen-bond acceptors (Lipinski definition) is 3. The predicted octanol–water partition coefficient (Wildman–Crippen LogP) is 1.38. The van der Waals surface area contributed by atoms with Crippen LogP contribution in [0, 0.1) is 0 Å². The van der Waals surface area contributed by atoms with E-state index < -0.39 is 0 Å². The maximum atomic E-state index is 9.43. The molecule has 0 heterocycles. The predicted molar refractivity (Wildman–Crippen MR) is 51.7 cm³/mol. The highest BCUT2D eigenvalue weighted by atomic mass is 16.3. The van der Waals surface area contributed by atoms with Crippen LogP contribution in [0.1, 0.15) is 19.4 Å². The van der Waals surface area contributed by atoms with Crippen molar-refractivity contribution in [3.8, 4) is 11.5 Å². The molecule has 0 bridgehead atoms. The summed E-state index contributed by atoms with van der Waals surface area (Å²) < 4.78 is 0. The van der Waals surface area contributed by atoms with Crippen molar-refractivity contribution in [2.75, 3.05) is 0 Å². The van der Waals surface area contributed by atoms with Gasteiger partial charge in [0.1, 0.15) is 11.5 Å². The topological polar surface area (TPSA) is 66.5 Å². The van der Waals surface area contributed by atoms with Gasteiger partial charge in [-0.05, 0) is 44.0 Å². The third-order valence-electron chi connectivity index (χ3n) is 1.71. The molecule has 1 aromatic carbocycles. The maximum Gasteiger partial charge on any atom is 0.119 e. The Hall–Kier alpha value is -1.22. The van der Waals surface area contributed by atoms with Crippen LogP contribution in [0.2, 0.25) is 0 Å².